The number of anilines is 2. The molecule has 2 aliphatic heterocycles. The number of rotatable bonds is 4. The van der Waals surface area contributed by atoms with E-state index in [4.69, 9.17) is 21.1 Å². The summed E-state index contributed by atoms with van der Waals surface area (Å²) in [6.07, 6.45) is 2.61. The zero-order chi connectivity index (χ0) is 17.9. The van der Waals surface area contributed by atoms with Crippen molar-refractivity contribution < 1.29 is 14.3 Å². The van der Waals surface area contributed by atoms with Crippen LogP contribution in [0.1, 0.15) is 18.4 Å². The molecule has 2 aromatic rings. The average molecular weight is 373 g/mol. The highest BCUT2D eigenvalue weighted by molar-refractivity contribution is 6.32. The monoisotopic (exact) mass is 372 g/mol. The van der Waals surface area contributed by atoms with Crippen molar-refractivity contribution in [1.82, 2.24) is 0 Å². The Morgan fingerprint density at radius 1 is 1.12 bits per heavy atom. The number of para-hydroxylation sites is 2. The van der Waals surface area contributed by atoms with Crippen LogP contribution in [0.2, 0.25) is 5.02 Å². The minimum absolute atomic E-state index is 0.0793. The van der Waals surface area contributed by atoms with E-state index in [0.717, 1.165) is 30.0 Å². The number of hydrogen-bond donors (Lipinski definition) is 1. The molecule has 0 radical (unpaired) electrons. The van der Waals surface area contributed by atoms with E-state index < -0.39 is 0 Å². The van der Waals surface area contributed by atoms with E-state index >= 15 is 0 Å². The third-order valence-electron chi connectivity index (χ3n) is 4.65. The maximum absolute atomic E-state index is 12.6. The molecule has 2 heterocycles. The van der Waals surface area contributed by atoms with Crippen LogP contribution in [-0.4, -0.2) is 32.2 Å². The van der Waals surface area contributed by atoms with Gasteiger partial charge in [-0.2, -0.15) is 0 Å². The van der Waals surface area contributed by atoms with Crippen molar-refractivity contribution in [2.75, 3.05) is 36.5 Å². The molecule has 6 heteroatoms. The molecule has 0 aliphatic carbocycles. The van der Waals surface area contributed by atoms with Gasteiger partial charge in [0.25, 0.3) is 0 Å². The van der Waals surface area contributed by atoms with Crippen LogP contribution in [0, 0.1) is 0 Å². The van der Waals surface area contributed by atoms with Crippen molar-refractivity contribution in [3.8, 4) is 11.5 Å². The summed E-state index contributed by atoms with van der Waals surface area (Å²) < 4.78 is 11.1. The number of fused-ring (bicyclic) bond motifs is 1. The Morgan fingerprint density at radius 2 is 1.88 bits per heavy atom. The van der Waals surface area contributed by atoms with E-state index in [1.807, 2.05) is 24.3 Å². The fourth-order valence-corrected chi connectivity index (χ4v) is 3.75. The Morgan fingerprint density at radius 3 is 2.73 bits per heavy atom. The Bertz CT molecular complexity index is 819. The summed E-state index contributed by atoms with van der Waals surface area (Å²) in [5, 5.41) is 3.51. The Labute approximate surface area is 157 Å². The van der Waals surface area contributed by atoms with Gasteiger partial charge in [-0.05, 0) is 42.7 Å². The third-order valence-corrected chi connectivity index (χ3v) is 4.93. The molecular formula is C20H21ClN2O3. The summed E-state index contributed by atoms with van der Waals surface area (Å²) in [7, 11) is 0. The summed E-state index contributed by atoms with van der Waals surface area (Å²) in [6.45, 7) is 3.04. The number of ether oxygens (including phenoxy) is 2. The zero-order valence-electron chi connectivity index (χ0n) is 14.5. The first-order valence-electron chi connectivity index (χ1n) is 8.92. The maximum atomic E-state index is 12.6. The highest BCUT2D eigenvalue weighted by Gasteiger charge is 2.19. The first-order valence-corrected chi connectivity index (χ1v) is 9.30. The number of hydrogen-bond acceptors (Lipinski definition) is 4. The predicted molar refractivity (Wildman–Crippen MR) is 103 cm³/mol. The zero-order valence-corrected chi connectivity index (χ0v) is 15.2. The fourth-order valence-electron chi connectivity index (χ4n) is 3.46. The maximum Gasteiger partial charge on any atom is 0.228 e. The van der Waals surface area contributed by atoms with Crippen LogP contribution in [0.15, 0.2) is 36.4 Å². The standard InChI is InChI=1S/C20H21ClN2O3/c21-15-11-14(12-18-20(15)26-10-9-25-18)13-19(24)22-16-5-1-2-6-17(16)23-7-3-4-8-23/h1-2,5-6,11-12H,3-4,7-10,13H2,(H,22,24). The van der Waals surface area contributed by atoms with E-state index in [9.17, 15) is 4.79 Å². The molecule has 0 bridgehead atoms. The van der Waals surface area contributed by atoms with E-state index in [-0.39, 0.29) is 12.3 Å². The first kappa shape index (κ1) is 17.0. The van der Waals surface area contributed by atoms with Crippen molar-refractivity contribution in [1.29, 1.82) is 0 Å². The van der Waals surface area contributed by atoms with Crippen LogP contribution >= 0.6 is 11.6 Å². The second-order valence-corrected chi connectivity index (χ2v) is 6.95. The van der Waals surface area contributed by atoms with Crippen molar-refractivity contribution in [3.05, 3.63) is 47.0 Å². The lowest BCUT2D eigenvalue weighted by Gasteiger charge is -2.22. The van der Waals surface area contributed by atoms with Crippen LogP contribution in [0.25, 0.3) is 0 Å². The third kappa shape index (κ3) is 3.58. The normalized spacial score (nSPS) is 15.8. The molecule has 1 N–H and O–H groups in total. The van der Waals surface area contributed by atoms with E-state index in [2.05, 4.69) is 16.3 Å². The molecule has 0 atom stereocenters. The van der Waals surface area contributed by atoms with Gasteiger partial charge >= 0.3 is 0 Å². The highest BCUT2D eigenvalue weighted by Crippen LogP contribution is 2.38. The molecule has 4 rings (SSSR count). The lowest BCUT2D eigenvalue weighted by atomic mass is 10.1. The van der Waals surface area contributed by atoms with Gasteiger partial charge in [0.15, 0.2) is 11.5 Å². The molecule has 26 heavy (non-hydrogen) atoms. The molecule has 136 valence electrons. The molecule has 0 unspecified atom stereocenters. The lowest BCUT2D eigenvalue weighted by Crippen LogP contribution is -2.22. The van der Waals surface area contributed by atoms with Gasteiger partial charge in [-0.15, -0.1) is 0 Å². The summed E-state index contributed by atoms with van der Waals surface area (Å²) in [6, 6.07) is 11.5. The van der Waals surface area contributed by atoms with Gasteiger partial charge in [-0.25, -0.2) is 0 Å². The van der Waals surface area contributed by atoms with Crippen LogP contribution in [0.3, 0.4) is 0 Å². The number of carbonyl (C=O) groups excluding carboxylic acids is 1. The van der Waals surface area contributed by atoms with Crippen LogP contribution < -0.4 is 19.7 Å². The Balaban J connectivity index is 1.49. The van der Waals surface area contributed by atoms with E-state index in [1.54, 1.807) is 6.07 Å². The fraction of sp³-hybridized carbons (Fsp3) is 0.350. The number of nitrogens with zero attached hydrogens (tertiary/aromatic N) is 1. The van der Waals surface area contributed by atoms with Gasteiger partial charge in [0.2, 0.25) is 5.91 Å². The molecule has 5 nitrogen and oxygen atoms in total. The molecule has 1 fully saturated rings. The van der Waals surface area contributed by atoms with Crippen molar-refractivity contribution >= 4 is 28.9 Å². The number of nitrogens with one attached hydrogen (secondary N) is 1. The van der Waals surface area contributed by atoms with Crippen LogP contribution in [0.5, 0.6) is 11.5 Å². The van der Waals surface area contributed by atoms with Gasteiger partial charge in [-0.1, -0.05) is 23.7 Å². The Hall–Kier alpha value is -2.40. The van der Waals surface area contributed by atoms with E-state index in [0.29, 0.717) is 29.7 Å². The van der Waals surface area contributed by atoms with Crippen molar-refractivity contribution in [3.63, 3.8) is 0 Å². The van der Waals surface area contributed by atoms with Gasteiger partial charge in [0.05, 0.1) is 22.8 Å². The number of benzene rings is 2. The van der Waals surface area contributed by atoms with Gasteiger partial charge < -0.3 is 19.7 Å². The SMILES string of the molecule is O=C(Cc1cc(Cl)c2c(c1)OCCO2)Nc1ccccc1N1CCCC1. The first-order chi connectivity index (χ1) is 12.7. The smallest absolute Gasteiger partial charge is 0.228 e. The molecule has 0 saturated carbocycles. The lowest BCUT2D eigenvalue weighted by molar-refractivity contribution is -0.115. The molecule has 2 aliphatic rings. The Kier molecular flexibility index (Phi) is 4.89. The molecule has 1 saturated heterocycles. The van der Waals surface area contributed by atoms with Gasteiger partial charge in [0.1, 0.15) is 13.2 Å². The van der Waals surface area contributed by atoms with Crippen LogP contribution in [0.4, 0.5) is 11.4 Å². The molecule has 1 amide bonds. The summed E-state index contributed by atoms with van der Waals surface area (Å²) in [5.74, 6) is 1.08. The minimum atomic E-state index is -0.0793. The minimum Gasteiger partial charge on any atom is -0.486 e. The van der Waals surface area contributed by atoms with E-state index in [1.165, 1.54) is 12.8 Å². The summed E-state index contributed by atoms with van der Waals surface area (Å²) in [4.78, 5) is 14.9. The number of halogens is 1. The molecular weight excluding hydrogens is 352 g/mol. The average Bonchev–Trinajstić information content (AvgIpc) is 3.16. The van der Waals surface area contributed by atoms with Crippen LogP contribution in [-0.2, 0) is 11.2 Å². The summed E-state index contributed by atoms with van der Waals surface area (Å²) >= 11 is 6.26. The second kappa shape index (κ2) is 7.46. The summed E-state index contributed by atoms with van der Waals surface area (Å²) in [5.41, 5.74) is 2.73. The predicted octanol–water partition coefficient (Wildman–Crippen LogP) is 3.89. The largest absolute Gasteiger partial charge is 0.486 e. The molecule has 2 aromatic carbocycles. The van der Waals surface area contributed by atoms with Gasteiger partial charge in [-0.3, -0.25) is 4.79 Å². The highest BCUT2D eigenvalue weighted by atomic mass is 35.5. The van der Waals surface area contributed by atoms with Gasteiger partial charge in [0, 0.05) is 13.1 Å². The topological polar surface area (TPSA) is 50.8 Å². The number of carbonyl (C=O) groups is 1. The van der Waals surface area contributed by atoms with Crippen molar-refractivity contribution in [2.45, 2.75) is 19.3 Å². The quantitative estimate of drug-likeness (QED) is 0.884. The second-order valence-electron chi connectivity index (χ2n) is 6.54. The molecule has 0 aromatic heterocycles. The number of amides is 1. The van der Waals surface area contributed by atoms with Crippen molar-refractivity contribution in [2.24, 2.45) is 0 Å². The molecule has 0 spiro atoms.